The molecule has 116 valence electrons. The number of amides is 1. The molecular weight excluding hydrogens is 262 g/mol. The van der Waals surface area contributed by atoms with Gasteiger partial charge in [-0.05, 0) is 31.7 Å². The molecule has 1 heterocycles. The van der Waals surface area contributed by atoms with Gasteiger partial charge in [0.15, 0.2) is 0 Å². The number of rotatable bonds is 5. The molecule has 0 aromatic carbocycles. The van der Waals surface area contributed by atoms with Gasteiger partial charge < -0.3 is 10.2 Å². The highest BCUT2D eigenvalue weighted by Gasteiger charge is 2.29. The Kier molecular flexibility index (Phi) is 5.21. The molecule has 0 bridgehead atoms. The van der Waals surface area contributed by atoms with E-state index in [1.165, 1.54) is 12.8 Å². The summed E-state index contributed by atoms with van der Waals surface area (Å²) in [6.45, 7) is 7.10. The molecule has 0 radical (unpaired) electrons. The molecule has 4 heteroatoms. The lowest BCUT2D eigenvalue weighted by atomic mass is 10.1. The number of nitrogens with one attached hydrogen (secondary N) is 1. The van der Waals surface area contributed by atoms with Crippen molar-refractivity contribution in [1.82, 2.24) is 9.88 Å². The van der Waals surface area contributed by atoms with E-state index in [0.717, 1.165) is 30.8 Å². The average Bonchev–Trinajstić information content (AvgIpc) is 2.97. The maximum absolute atomic E-state index is 13.0. The van der Waals surface area contributed by atoms with Crippen LogP contribution in [0.2, 0.25) is 0 Å². The first kappa shape index (κ1) is 15.8. The summed E-state index contributed by atoms with van der Waals surface area (Å²) in [7, 11) is 1.86. The molecule has 1 aliphatic rings. The number of hydrogen-bond donors (Lipinski definition) is 1. The molecule has 1 aromatic rings. The van der Waals surface area contributed by atoms with Crippen molar-refractivity contribution in [1.29, 1.82) is 0 Å². The predicted molar refractivity (Wildman–Crippen MR) is 86.7 cm³/mol. The largest absolute Gasteiger partial charge is 0.387 e. The van der Waals surface area contributed by atoms with Gasteiger partial charge in [0, 0.05) is 31.5 Å². The minimum absolute atomic E-state index is 0.118. The summed E-state index contributed by atoms with van der Waals surface area (Å²) < 4.78 is 0. The quantitative estimate of drug-likeness (QED) is 0.902. The summed E-state index contributed by atoms with van der Waals surface area (Å²) in [5.41, 5.74) is 2.49. The molecule has 1 N–H and O–H groups in total. The second-order valence-corrected chi connectivity index (χ2v) is 6.41. The standard InChI is InChI=1S/C17H27N3O/c1-12(2)11-20(14-7-5-6-8-14)17(21)15-10-19-13(3)9-16(15)18-4/h9-10,12,14H,5-8,11H2,1-4H3,(H,18,19). The molecule has 1 fully saturated rings. The van der Waals surface area contributed by atoms with Gasteiger partial charge in [0.25, 0.3) is 5.91 Å². The van der Waals surface area contributed by atoms with Crippen molar-refractivity contribution in [2.75, 3.05) is 18.9 Å². The molecule has 1 aromatic heterocycles. The van der Waals surface area contributed by atoms with E-state index in [1.54, 1.807) is 6.20 Å². The molecule has 0 aliphatic heterocycles. The predicted octanol–water partition coefficient (Wildman–Crippen LogP) is 3.47. The monoisotopic (exact) mass is 289 g/mol. The van der Waals surface area contributed by atoms with Crippen LogP contribution in [-0.4, -0.2) is 35.4 Å². The zero-order valence-corrected chi connectivity index (χ0v) is 13.6. The van der Waals surface area contributed by atoms with Crippen molar-refractivity contribution < 1.29 is 4.79 Å². The van der Waals surface area contributed by atoms with Gasteiger partial charge in [-0.2, -0.15) is 0 Å². The number of aromatic nitrogens is 1. The Morgan fingerprint density at radius 1 is 1.43 bits per heavy atom. The molecule has 21 heavy (non-hydrogen) atoms. The maximum Gasteiger partial charge on any atom is 0.257 e. The second-order valence-electron chi connectivity index (χ2n) is 6.41. The van der Waals surface area contributed by atoms with E-state index in [-0.39, 0.29) is 5.91 Å². The zero-order valence-electron chi connectivity index (χ0n) is 13.6. The van der Waals surface area contributed by atoms with Crippen LogP contribution >= 0.6 is 0 Å². The Balaban J connectivity index is 2.28. The number of carbonyl (C=O) groups is 1. The number of pyridine rings is 1. The van der Waals surface area contributed by atoms with Crippen molar-refractivity contribution in [2.24, 2.45) is 5.92 Å². The van der Waals surface area contributed by atoms with Crippen LogP contribution in [0.3, 0.4) is 0 Å². The van der Waals surface area contributed by atoms with Gasteiger partial charge >= 0.3 is 0 Å². The van der Waals surface area contributed by atoms with Crippen LogP contribution in [0.15, 0.2) is 12.3 Å². The first-order valence-electron chi connectivity index (χ1n) is 7.98. The topological polar surface area (TPSA) is 45.2 Å². The zero-order chi connectivity index (χ0) is 15.4. The molecule has 4 nitrogen and oxygen atoms in total. The van der Waals surface area contributed by atoms with Crippen molar-refractivity contribution in [3.63, 3.8) is 0 Å². The summed E-state index contributed by atoms with van der Waals surface area (Å²) in [4.78, 5) is 19.4. The van der Waals surface area contributed by atoms with E-state index in [2.05, 4.69) is 29.0 Å². The molecule has 1 amide bonds. The van der Waals surface area contributed by atoms with Crippen LogP contribution in [-0.2, 0) is 0 Å². The lowest BCUT2D eigenvalue weighted by Gasteiger charge is -2.31. The van der Waals surface area contributed by atoms with Crippen molar-refractivity contribution in [2.45, 2.75) is 52.5 Å². The molecule has 0 spiro atoms. The molecule has 1 aliphatic carbocycles. The Labute approximate surface area is 127 Å². The summed E-state index contributed by atoms with van der Waals surface area (Å²) in [6, 6.07) is 2.33. The molecule has 0 unspecified atom stereocenters. The smallest absolute Gasteiger partial charge is 0.257 e. The Morgan fingerprint density at radius 2 is 2.10 bits per heavy atom. The first-order chi connectivity index (χ1) is 10.0. The van der Waals surface area contributed by atoms with Crippen LogP contribution in [0.5, 0.6) is 0 Å². The summed E-state index contributed by atoms with van der Waals surface area (Å²) in [5.74, 6) is 0.596. The third kappa shape index (κ3) is 3.74. The Bertz CT molecular complexity index is 493. The fourth-order valence-corrected chi connectivity index (χ4v) is 3.10. The number of carbonyl (C=O) groups excluding carboxylic acids is 1. The van der Waals surface area contributed by atoms with Gasteiger partial charge in [0.1, 0.15) is 0 Å². The van der Waals surface area contributed by atoms with Gasteiger partial charge in [-0.25, -0.2) is 0 Å². The van der Waals surface area contributed by atoms with Crippen molar-refractivity contribution in [3.05, 3.63) is 23.5 Å². The van der Waals surface area contributed by atoms with Gasteiger partial charge in [-0.15, -0.1) is 0 Å². The van der Waals surface area contributed by atoms with Crippen molar-refractivity contribution in [3.8, 4) is 0 Å². The molecular formula is C17H27N3O. The van der Waals surface area contributed by atoms with E-state index < -0.39 is 0 Å². The number of hydrogen-bond acceptors (Lipinski definition) is 3. The fraction of sp³-hybridized carbons (Fsp3) is 0.647. The second kappa shape index (κ2) is 6.92. The minimum Gasteiger partial charge on any atom is -0.387 e. The first-order valence-corrected chi connectivity index (χ1v) is 7.98. The van der Waals surface area contributed by atoms with Crippen LogP contribution in [0, 0.1) is 12.8 Å². The summed E-state index contributed by atoms with van der Waals surface area (Å²) in [5, 5.41) is 3.13. The SMILES string of the molecule is CNc1cc(C)ncc1C(=O)N(CC(C)C)C1CCCC1. The highest BCUT2D eigenvalue weighted by atomic mass is 16.2. The molecule has 0 saturated heterocycles. The van der Waals surface area contributed by atoms with Crippen LogP contribution in [0.25, 0.3) is 0 Å². The van der Waals surface area contributed by atoms with E-state index in [1.807, 2.05) is 20.0 Å². The molecule has 0 atom stereocenters. The average molecular weight is 289 g/mol. The molecule has 2 rings (SSSR count). The van der Waals surface area contributed by atoms with Crippen LogP contribution in [0.1, 0.15) is 55.6 Å². The van der Waals surface area contributed by atoms with Gasteiger partial charge in [0.05, 0.1) is 11.3 Å². The highest BCUT2D eigenvalue weighted by molar-refractivity contribution is 5.99. The van der Waals surface area contributed by atoms with E-state index in [9.17, 15) is 4.79 Å². The van der Waals surface area contributed by atoms with E-state index in [0.29, 0.717) is 17.5 Å². The Morgan fingerprint density at radius 3 is 2.67 bits per heavy atom. The van der Waals surface area contributed by atoms with Gasteiger partial charge in [0.2, 0.25) is 0 Å². The third-order valence-electron chi connectivity index (χ3n) is 4.13. The minimum atomic E-state index is 0.118. The van der Waals surface area contributed by atoms with E-state index >= 15 is 0 Å². The lowest BCUT2D eigenvalue weighted by molar-refractivity contribution is 0.0656. The van der Waals surface area contributed by atoms with E-state index in [4.69, 9.17) is 0 Å². The van der Waals surface area contributed by atoms with Gasteiger partial charge in [-0.1, -0.05) is 26.7 Å². The number of aryl methyl sites for hydroxylation is 1. The fourth-order valence-electron chi connectivity index (χ4n) is 3.10. The van der Waals surface area contributed by atoms with Crippen LogP contribution < -0.4 is 5.32 Å². The summed E-state index contributed by atoms with van der Waals surface area (Å²) >= 11 is 0. The van der Waals surface area contributed by atoms with Crippen LogP contribution in [0.4, 0.5) is 5.69 Å². The lowest BCUT2D eigenvalue weighted by Crippen LogP contribution is -2.41. The normalized spacial score (nSPS) is 15.5. The highest BCUT2D eigenvalue weighted by Crippen LogP contribution is 2.27. The third-order valence-corrected chi connectivity index (χ3v) is 4.13. The molecule has 1 saturated carbocycles. The van der Waals surface area contributed by atoms with Gasteiger partial charge in [-0.3, -0.25) is 9.78 Å². The maximum atomic E-state index is 13.0. The Hall–Kier alpha value is -1.58. The van der Waals surface area contributed by atoms with Crippen molar-refractivity contribution >= 4 is 11.6 Å². The summed E-state index contributed by atoms with van der Waals surface area (Å²) in [6.07, 6.45) is 6.44. The number of nitrogens with zero attached hydrogens (tertiary/aromatic N) is 2. The number of anilines is 1.